The van der Waals surface area contributed by atoms with Gasteiger partial charge in [-0.25, -0.2) is 4.39 Å². The number of aryl methyl sites for hydroxylation is 2. The van der Waals surface area contributed by atoms with E-state index < -0.39 is 0 Å². The summed E-state index contributed by atoms with van der Waals surface area (Å²) in [7, 11) is 0. The van der Waals surface area contributed by atoms with Gasteiger partial charge in [0.2, 0.25) is 0 Å². The first kappa shape index (κ1) is 9.91. The van der Waals surface area contributed by atoms with Crippen molar-refractivity contribution in [3.05, 3.63) is 59.4 Å². The van der Waals surface area contributed by atoms with E-state index in [0.29, 0.717) is 0 Å². The van der Waals surface area contributed by atoms with Gasteiger partial charge in [-0.2, -0.15) is 0 Å². The zero-order valence-corrected chi connectivity index (χ0v) is 8.92. The van der Waals surface area contributed by atoms with E-state index in [0.717, 1.165) is 11.1 Å². The summed E-state index contributed by atoms with van der Waals surface area (Å²) in [6.45, 7) is 4.10. The first-order valence-electron chi connectivity index (χ1n) is 4.99. The molecule has 2 rings (SSSR count). The Kier molecular flexibility index (Phi) is 2.55. The second kappa shape index (κ2) is 3.85. The Morgan fingerprint density at radius 1 is 0.800 bits per heavy atom. The van der Waals surface area contributed by atoms with Crippen LogP contribution in [0.5, 0.6) is 0 Å². The molecular formula is C14H13F. The summed E-state index contributed by atoms with van der Waals surface area (Å²) < 4.78 is 13.1. The van der Waals surface area contributed by atoms with E-state index in [4.69, 9.17) is 0 Å². The van der Waals surface area contributed by atoms with E-state index in [9.17, 15) is 4.39 Å². The molecule has 0 saturated carbocycles. The molecule has 0 fully saturated rings. The van der Waals surface area contributed by atoms with Gasteiger partial charge in [-0.3, -0.25) is 0 Å². The van der Waals surface area contributed by atoms with Crippen LogP contribution in [0.25, 0.3) is 11.1 Å². The summed E-state index contributed by atoms with van der Waals surface area (Å²) in [6, 6.07) is 13.0. The highest BCUT2D eigenvalue weighted by atomic mass is 19.1. The third-order valence-corrected chi connectivity index (χ3v) is 2.38. The van der Waals surface area contributed by atoms with Crippen LogP contribution >= 0.6 is 0 Å². The second-order valence-corrected chi connectivity index (χ2v) is 3.89. The molecule has 0 amide bonds. The summed E-state index contributed by atoms with van der Waals surface area (Å²) >= 11 is 0. The molecule has 0 spiro atoms. The molecule has 0 radical (unpaired) electrons. The van der Waals surface area contributed by atoms with Crippen LogP contribution in [0.15, 0.2) is 42.5 Å². The van der Waals surface area contributed by atoms with Crippen LogP contribution in [-0.2, 0) is 0 Å². The number of hydrogen-bond acceptors (Lipinski definition) is 0. The SMILES string of the molecule is Cc1cc(C)cc(-c2cccc(F)c2)c1. The highest BCUT2D eigenvalue weighted by Gasteiger charge is 2.00. The molecule has 0 N–H and O–H groups in total. The van der Waals surface area contributed by atoms with Gasteiger partial charge < -0.3 is 0 Å². The quantitative estimate of drug-likeness (QED) is 0.649. The van der Waals surface area contributed by atoms with E-state index in [2.05, 4.69) is 32.0 Å². The number of halogens is 1. The van der Waals surface area contributed by atoms with E-state index in [1.54, 1.807) is 12.1 Å². The number of hydrogen-bond donors (Lipinski definition) is 0. The molecule has 0 aliphatic carbocycles. The van der Waals surface area contributed by atoms with Gasteiger partial charge in [0.05, 0.1) is 0 Å². The van der Waals surface area contributed by atoms with Gasteiger partial charge in [0.1, 0.15) is 5.82 Å². The molecule has 0 atom stereocenters. The average Bonchev–Trinajstić information content (AvgIpc) is 2.16. The van der Waals surface area contributed by atoms with E-state index in [1.165, 1.54) is 17.2 Å². The maximum atomic E-state index is 13.1. The smallest absolute Gasteiger partial charge is 0.123 e. The molecule has 0 saturated heterocycles. The molecule has 2 aromatic carbocycles. The Balaban J connectivity index is 2.54. The van der Waals surface area contributed by atoms with Gasteiger partial charge in [-0.1, -0.05) is 41.5 Å². The van der Waals surface area contributed by atoms with Crippen molar-refractivity contribution < 1.29 is 4.39 Å². The normalized spacial score (nSPS) is 10.3. The fourth-order valence-electron chi connectivity index (χ4n) is 1.81. The predicted molar refractivity (Wildman–Crippen MR) is 61.3 cm³/mol. The summed E-state index contributed by atoms with van der Waals surface area (Å²) in [5.41, 5.74) is 4.41. The van der Waals surface area contributed by atoms with Gasteiger partial charge >= 0.3 is 0 Å². The minimum atomic E-state index is -0.188. The standard InChI is InChI=1S/C14H13F/c1-10-6-11(2)8-13(7-10)12-4-3-5-14(15)9-12/h3-9H,1-2H3. The molecule has 2 aromatic rings. The van der Waals surface area contributed by atoms with Crippen LogP contribution in [0.4, 0.5) is 4.39 Å². The topological polar surface area (TPSA) is 0 Å². The molecule has 76 valence electrons. The summed E-state index contributed by atoms with van der Waals surface area (Å²) in [5.74, 6) is -0.188. The first-order valence-corrected chi connectivity index (χ1v) is 4.99. The molecule has 0 heterocycles. The van der Waals surface area contributed by atoms with Crippen LogP contribution < -0.4 is 0 Å². The molecule has 15 heavy (non-hydrogen) atoms. The number of rotatable bonds is 1. The van der Waals surface area contributed by atoms with Crippen molar-refractivity contribution in [3.63, 3.8) is 0 Å². The van der Waals surface area contributed by atoms with Crippen LogP contribution in [0.1, 0.15) is 11.1 Å². The van der Waals surface area contributed by atoms with Crippen LogP contribution in [0.3, 0.4) is 0 Å². The van der Waals surface area contributed by atoms with Gasteiger partial charge in [-0.05, 0) is 37.1 Å². The summed E-state index contributed by atoms with van der Waals surface area (Å²) in [4.78, 5) is 0. The Morgan fingerprint density at radius 2 is 1.47 bits per heavy atom. The van der Waals surface area contributed by atoms with Crippen LogP contribution in [0, 0.1) is 19.7 Å². The molecule has 0 bridgehead atoms. The van der Waals surface area contributed by atoms with E-state index >= 15 is 0 Å². The van der Waals surface area contributed by atoms with Crippen molar-refractivity contribution >= 4 is 0 Å². The predicted octanol–water partition coefficient (Wildman–Crippen LogP) is 4.11. The highest BCUT2D eigenvalue weighted by molar-refractivity contribution is 5.65. The van der Waals surface area contributed by atoms with Crippen LogP contribution in [0.2, 0.25) is 0 Å². The lowest BCUT2D eigenvalue weighted by Gasteiger charge is -2.05. The van der Waals surface area contributed by atoms with E-state index in [1.807, 2.05) is 6.07 Å². The average molecular weight is 200 g/mol. The third-order valence-electron chi connectivity index (χ3n) is 2.38. The molecular weight excluding hydrogens is 187 g/mol. The van der Waals surface area contributed by atoms with Gasteiger partial charge in [-0.15, -0.1) is 0 Å². The molecule has 0 nitrogen and oxygen atoms in total. The Morgan fingerprint density at radius 3 is 2.07 bits per heavy atom. The van der Waals surface area contributed by atoms with Crippen molar-refractivity contribution in [1.82, 2.24) is 0 Å². The first-order chi connectivity index (χ1) is 7.15. The third kappa shape index (κ3) is 2.24. The highest BCUT2D eigenvalue weighted by Crippen LogP contribution is 2.22. The fraction of sp³-hybridized carbons (Fsp3) is 0.143. The maximum absolute atomic E-state index is 13.1. The maximum Gasteiger partial charge on any atom is 0.123 e. The zero-order valence-electron chi connectivity index (χ0n) is 8.92. The van der Waals surface area contributed by atoms with Crippen molar-refractivity contribution in [1.29, 1.82) is 0 Å². The lowest BCUT2D eigenvalue weighted by Crippen LogP contribution is -1.83. The van der Waals surface area contributed by atoms with Gasteiger partial charge in [0.15, 0.2) is 0 Å². The van der Waals surface area contributed by atoms with Gasteiger partial charge in [0, 0.05) is 0 Å². The molecule has 0 aromatic heterocycles. The molecule has 1 heteroatoms. The van der Waals surface area contributed by atoms with Crippen molar-refractivity contribution in [3.8, 4) is 11.1 Å². The van der Waals surface area contributed by atoms with Crippen LogP contribution in [-0.4, -0.2) is 0 Å². The molecule has 0 aliphatic rings. The zero-order chi connectivity index (χ0) is 10.8. The fourth-order valence-corrected chi connectivity index (χ4v) is 1.81. The molecule has 0 aliphatic heterocycles. The van der Waals surface area contributed by atoms with Crippen molar-refractivity contribution in [2.45, 2.75) is 13.8 Å². The second-order valence-electron chi connectivity index (χ2n) is 3.89. The Bertz CT molecular complexity index is 466. The minimum Gasteiger partial charge on any atom is -0.207 e. The lowest BCUT2D eigenvalue weighted by atomic mass is 10.0. The summed E-state index contributed by atoms with van der Waals surface area (Å²) in [5, 5.41) is 0. The largest absolute Gasteiger partial charge is 0.207 e. The van der Waals surface area contributed by atoms with Crippen molar-refractivity contribution in [2.75, 3.05) is 0 Å². The summed E-state index contributed by atoms with van der Waals surface area (Å²) in [6.07, 6.45) is 0. The van der Waals surface area contributed by atoms with E-state index in [-0.39, 0.29) is 5.82 Å². The van der Waals surface area contributed by atoms with Crippen molar-refractivity contribution in [2.24, 2.45) is 0 Å². The Hall–Kier alpha value is -1.63. The number of benzene rings is 2. The minimum absolute atomic E-state index is 0.188. The lowest BCUT2D eigenvalue weighted by molar-refractivity contribution is 0.628. The van der Waals surface area contributed by atoms with Gasteiger partial charge in [0.25, 0.3) is 0 Å². The Labute approximate surface area is 89.4 Å². The molecule has 0 unspecified atom stereocenters. The monoisotopic (exact) mass is 200 g/mol.